The normalized spacial score (nSPS) is 23.6. The molecule has 0 saturated heterocycles. The van der Waals surface area contributed by atoms with Gasteiger partial charge < -0.3 is 9.52 Å². The van der Waals surface area contributed by atoms with Crippen molar-refractivity contribution in [2.75, 3.05) is 0 Å². The molecule has 2 unspecified atom stereocenters. The summed E-state index contributed by atoms with van der Waals surface area (Å²) in [5.74, 6) is -0.127. The van der Waals surface area contributed by atoms with E-state index in [0.29, 0.717) is 0 Å². The Morgan fingerprint density at radius 1 is 1.25 bits per heavy atom. The second-order valence-corrected chi connectivity index (χ2v) is 5.83. The Balaban J connectivity index is 2.02. The molecule has 1 aromatic heterocycles. The fraction of sp³-hybridized carbons (Fsp3) is 0.471. The van der Waals surface area contributed by atoms with Crippen molar-refractivity contribution in [3.05, 3.63) is 35.6 Å². The molecule has 1 aliphatic rings. The van der Waals surface area contributed by atoms with E-state index >= 15 is 0 Å². The van der Waals surface area contributed by atoms with Crippen molar-refractivity contribution >= 4 is 16.9 Å². The molecule has 3 nitrogen and oxygen atoms in total. The van der Waals surface area contributed by atoms with Gasteiger partial charge in [0.1, 0.15) is 11.3 Å². The van der Waals surface area contributed by atoms with E-state index in [-0.39, 0.29) is 11.8 Å². The third-order valence-corrected chi connectivity index (χ3v) is 4.46. The zero-order valence-corrected chi connectivity index (χ0v) is 11.8. The summed E-state index contributed by atoms with van der Waals surface area (Å²) in [6, 6.07) is 8.10. The summed E-state index contributed by atoms with van der Waals surface area (Å²) in [5.41, 5.74) is 2.00. The van der Waals surface area contributed by atoms with Crippen molar-refractivity contribution in [1.29, 1.82) is 0 Å². The van der Waals surface area contributed by atoms with Gasteiger partial charge in [0.15, 0.2) is 0 Å². The number of rotatable bonds is 2. The Hall–Kier alpha value is -1.77. The minimum Gasteiger partial charge on any atom is -0.481 e. The Kier molecular flexibility index (Phi) is 3.51. The first-order valence-corrected chi connectivity index (χ1v) is 7.38. The van der Waals surface area contributed by atoms with E-state index < -0.39 is 5.97 Å². The van der Waals surface area contributed by atoms with Gasteiger partial charge in [0.2, 0.25) is 0 Å². The van der Waals surface area contributed by atoms with E-state index in [1.54, 1.807) is 0 Å². The highest BCUT2D eigenvalue weighted by atomic mass is 16.4. The molecule has 0 amide bonds. The molecule has 0 spiro atoms. The molecule has 3 rings (SSSR count). The molecule has 0 radical (unpaired) electrons. The van der Waals surface area contributed by atoms with Gasteiger partial charge >= 0.3 is 5.97 Å². The summed E-state index contributed by atoms with van der Waals surface area (Å²) in [6.07, 6.45) is 4.89. The van der Waals surface area contributed by atoms with Crippen LogP contribution in [0, 0.1) is 12.8 Å². The zero-order chi connectivity index (χ0) is 14.1. The first kappa shape index (κ1) is 13.2. The minimum absolute atomic E-state index is 0.0156. The molecule has 1 aliphatic carbocycles. The Bertz CT molecular complexity index is 626. The van der Waals surface area contributed by atoms with Gasteiger partial charge in [0, 0.05) is 11.3 Å². The van der Waals surface area contributed by atoms with Crippen molar-refractivity contribution in [3.63, 3.8) is 0 Å². The lowest BCUT2D eigenvalue weighted by atomic mass is 9.86. The highest BCUT2D eigenvalue weighted by molar-refractivity contribution is 5.81. The first-order chi connectivity index (χ1) is 9.66. The van der Waals surface area contributed by atoms with Gasteiger partial charge in [-0.15, -0.1) is 0 Å². The van der Waals surface area contributed by atoms with Gasteiger partial charge in [-0.3, -0.25) is 4.79 Å². The lowest BCUT2D eigenvalue weighted by Crippen LogP contribution is -2.20. The third kappa shape index (κ3) is 2.33. The quantitative estimate of drug-likeness (QED) is 0.819. The molecule has 20 heavy (non-hydrogen) atoms. The SMILES string of the molecule is Cc1cccc2cc(C3CCCCCC3C(=O)O)oc12. The standard InChI is InChI=1S/C17H20O3/c1-11-6-5-7-12-10-15(20-16(11)12)13-8-3-2-4-9-14(13)17(18)19/h5-7,10,13-14H,2-4,8-9H2,1H3,(H,18,19). The molecular formula is C17H20O3. The number of benzene rings is 1. The van der Waals surface area contributed by atoms with Crippen LogP contribution >= 0.6 is 0 Å². The Labute approximate surface area is 118 Å². The monoisotopic (exact) mass is 272 g/mol. The highest BCUT2D eigenvalue weighted by Crippen LogP contribution is 2.39. The first-order valence-electron chi connectivity index (χ1n) is 7.38. The van der Waals surface area contributed by atoms with E-state index in [1.807, 2.05) is 31.2 Å². The Morgan fingerprint density at radius 2 is 2.05 bits per heavy atom. The van der Waals surface area contributed by atoms with E-state index in [2.05, 4.69) is 0 Å². The minimum atomic E-state index is -0.686. The van der Waals surface area contributed by atoms with Crippen molar-refractivity contribution in [3.8, 4) is 0 Å². The van der Waals surface area contributed by atoms with Gasteiger partial charge in [0.05, 0.1) is 5.92 Å². The largest absolute Gasteiger partial charge is 0.481 e. The predicted molar refractivity (Wildman–Crippen MR) is 77.9 cm³/mol. The number of aliphatic carboxylic acids is 1. The zero-order valence-electron chi connectivity index (χ0n) is 11.8. The predicted octanol–water partition coefficient (Wildman–Crippen LogP) is 4.49. The number of hydrogen-bond acceptors (Lipinski definition) is 2. The number of carbonyl (C=O) groups is 1. The summed E-state index contributed by atoms with van der Waals surface area (Å²) in [7, 11) is 0. The van der Waals surface area contributed by atoms with Gasteiger partial charge in [-0.2, -0.15) is 0 Å². The number of hydrogen-bond donors (Lipinski definition) is 1. The number of aryl methyl sites for hydroxylation is 1. The van der Waals surface area contributed by atoms with Crippen molar-refractivity contribution in [2.45, 2.75) is 44.9 Å². The highest BCUT2D eigenvalue weighted by Gasteiger charge is 2.32. The summed E-state index contributed by atoms with van der Waals surface area (Å²) in [5, 5.41) is 10.6. The Morgan fingerprint density at radius 3 is 2.80 bits per heavy atom. The van der Waals surface area contributed by atoms with Crippen LogP contribution < -0.4 is 0 Å². The van der Waals surface area contributed by atoms with Crippen LogP contribution in [0.2, 0.25) is 0 Å². The van der Waals surface area contributed by atoms with Gasteiger partial charge in [-0.1, -0.05) is 37.5 Å². The van der Waals surface area contributed by atoms with Crippen molar-refractivity contribution < 1.29 is 14.3 Å². The van der Waals surface area contributed by atoms with Crippen molar-refractivity contribution in [2.24, 2.45) is 5.92 Å². The van der Waals surface area contributed by atoms with Crippen LogP contribution in [0.3, 0.4) is 0 Å². The molecule has 3 heteroatoms. The fourth-order valence-corrected chi connectivity index (χ4v) is 3.36. The van der Waals surface area contributed by atoms with Crippen LogP contribution in [-0.2, 0) is 4.79 Å². The van der Waals surface area contributed by atoms with Crippen LogP contribution in [0.1, 0.15) is 49.3 Å². The molecule has 0 bridgehead atoms. The summed E-state index contributed by atoms with van der Waals surface area (Å²) in [6.45, 7) is 2.03. The smallest absolute Gasteiger partial charge is 0.307 e. The molecule has 1 fully saturated rings. The van der Waals surface area contributed by atoms with Crippen LogP contribution in [0.15, 0.2) is 28.7 Å². The number of carboxylic acids is 1. The maximum Gasteiger partial charge on any atom is 0.307 e. The number of furan rings is 1. The number of carboxylic acid groups (broad SMARTS) is 1. The van der Waals surface area contributed by atoms with Gasteiger partial charge in [-0.25, -0.2) is 0 Å². The average molecular weight is 272 g/mol. The van der Waals surface area contributed by atoms with E-state index in [9.17, 15) is 9.90 Å². The lowest BCUT2D eigenvalue weighted by molar-refractivity contribution is -0.143. The fourth-order valence-electron chi connectivity index (χ4n) is 3.36. The molecule has 1 aromatic carbocycles. The van der Waals surface area contributed by atoms with E-state index in [1.165, 1.54) is 0 Å². The molecule has 1 heterocycles. The summed E-state index contributed by atoms with van der Waals surface area (Å²) in [4.78, 5) is 11.5. The third-order valence-electron chi connectivity index (χ3n) is 4.46. The number of fused-ring (bicyclic) bond motifs is 1. The van der Waals surface area contributed by atoms with Crippen molar-refractivity contribution in [1.82, 2.24) is 0 Å². The molecule has 1 N–H and O–H groups in total. The second kappa shape index (κ2) is 5.31. The van der Waals surface area contributed by atoms with E-state index in [4.69, 9.17) is 4.42 Å². The molecule has 0 aliphatic heterocycles. The van der Waals surface area contributed by atoms with Crippen LogP contribution in [0.25, 0.3) is 11.0 Å². The average Bonchev–Trinajstić information content (AvgIpc) is 2.69. The van der Waals surface area contributed by atoms with Crippen LogP contribution in [-0.4, -0.2) is 11.1 Å². The molecule has 2 aromatic rings. The molecular weight excluding hydrogens is 252 g/mol. The maximum atomic E-state index is 11.5. The summed E-state index contributed by atoms with van der Waals surface area (Å²) >= 11 is 0. The molecule has 2 atom stereocenters. The topological polar surface area (TPSA) is 50.4 Å². The maximum absolute atomic E-state index is 11.5. The van der Waals surface area contributed by atoms with Crippen LogP contribution in [0.4, 0.5) is 0 Å². The van der Waals surface area contributed by atoms with Crippen LogP contribution in [0.5, 0.6) is 0 Å². The second-order valence-electron chi connectivity index (χ2n) is 5.83. The molecule has 1 saturated carbocycles. The summed E-state index contributed by atoms with van der Waals surface area (Å²) < 4.78 is 6.01. The van der Waals surface area contributed by atoms with Gasteiger partial charge in [0.25, 0.3) is 0 Å². The number of para-hydroxylation sites is 1. The van der Waals surface area contributed by atoms with E-state index in [0.717, 1.165) is 54.4 Å². The van der Waals surface area contributed by atoms with Gasteiger partial charge in [-0.05, 0) is 31.4 Å². The molecule has 106 valence electrons. The lowest BCUT2D eigenvalue weighted by Gasteiger charge is -2.19.